The number of carbonyl (C=O) groups is 2. The molecule has 7 heteroatoms. The normalized spacial score (nSPS) is 10.2. The molecule has 0 atom stereocenters. The maximum atomic E-state index is 12.2. The van der Waals surface area contributed by atoms with Crippen molar-refractivity contribution in [3.05, 3.63) is 59.2 Å². The summed E-state index contributed by atoms with van der Waals surface area (Å²) in [5, 5.41) is 20.9. The molecule has 112 valence electrons. The van der Waals surface area contributed by atoms with Gasteiger partial charge in [0.2, 0.25) is 0 Å². The number of fused-ring (bicyclic) bond motifs is 1. The number of hydrogen-bond acceptors (Lipinski definition) is 5. The number of nitrogens with zero attached hydrogens (tertiary/aromatic N) is 2. The molecular weight excluding hydrogens is 314 g/mol. The first-order chi connectivity index (χ1) is 11.1. The minimum atomic E-state index is -1.01. The molecule has 0 unspecified atom stereocenters. The van der Waals surface area contributed by atoms with Crippen LogP contribution in [0, 0.1) is 11.3 Å². The highest BCUT2D eigenvalue weighted by molar-refractivity contribution is 7.22. The third-order valence-corrected chi connectivity index (χ3v) is 4.04. The second kappa shape index (κ2) is 5.87. The van der Waals surface area contributed by atoms with Gasteiger partial charge in [-0.15, -0.1) is 0 Å². The van der Waals surface area contributed by atoms with Gasteiger partial charge in [0.05, 0.1) is 27.4 Å². The van der Waals surface area contributed by atoms with Gasteiger partial charge >= 0.3 is 5.97 Å². The fourth-order valence-electron chi connectivity index (χ4n) is 2.01. The molecule has 1 amide bonds. The summed E-state index contributed by atoms with van der Waals surface area (Å²) < 4.78 is 0.672. The second-order valence-electron chi connectivity index (χ2n) is 4.65. The Morgan fingerprint density at radius 1 is 1.17 bits per heavy atom. The smallest absolute Gasteiger partial charge is 0.335 e. The lowest BCUT2D eigenvalue weighted by Gasteiger charge is -2.01. The summed E-state index contributed by atoms with van der Waals surface area (Å²) >= 11 is 1.19. The van der Waals surface area contributed by atoms with Gasteiger partial charge in [0.15, 0.2) is 5.13 Å². The van der Waals surface area contributed by atoms with Gasteiger partial charge in [-0.1, -0.05) is 17.4 Å². The number of rotatable bonds is 3. The summed E-state index contributed by atoms with van der Waals surface area (Å²) in [4.78, 5) is 27.4. The SMILES string of the molecule is N#Cc1cccc(C(=O)Nc2nc3ccc(C(=O)O)cc3s2)c1. The maximum absolute atomic E-state index is 12.2. The zero-order chi connectivity index (χ0) is 16.4. The van der Waals surface area contributed by atoms with Crippen LogP contribution in [0.25, 0.3) is 10.2 Å². The Balaban J connectivity index is 1.87. The minimum Gasteiger partial charge on any atom is -0.478 e. The maximum Gasteiger partial charge on any atom is 0.335 e. The lowest BCUT2D eigenvalue weighted by atomic mass is 10.1. The van der Waals surface area contributed by atoms with E-state index in [0.29, 0.717) is 26.5 Å². The first-order valence-corrected chi connectivity index (χ1v) is 7.34. The predicted molar refractivity (Wildman–Crippen MR) is 85.7 cm³/mol. The van der Waals surface area contributed by atoms with Crippen molar-refractivity contribution < 1.29 is 14.7 Å². The van der Waals surface area contributed by atoms with E-state index in [1.807, 2.05) is 6.07 Å². The van der Waals surface area contributed by atoms with Crippen LogP contribution in [-0.4, -0.2) is 22.0 Å². The number of thiazole rings is 1. The van der Waals surface area contributed by atoms with Gasteiger partial charge in [0.25, 0.3) is 5.91 Å². The number of hydrogen-bond donors (Lipinski definition) is 2. The molecule has 0 fully saturated rings. The Morgan fingerprint density at radius 2 is 2.00 bits per heavy atom. The molecular formula is C16H9N3O3S. The van der Waals surface area contributed by atoms with Crippen molar-refractivity contribution >= 4 is 38.6 Å². The summed E-state index contributed by atoms with van der Waals surface area (Å²) in [5.41, 5.74) is 1.53. The number of carbonyl (C=O) groups excluding carboxylic acids is 1. The fraction of sp³-hybridized carbons (Fsp3) is 0. The van der Waals surface area contributed by atoms with Gasteiger partial charge in [-0.3, -0.25) is 10.1 Å². The molecule has 0 saturated carbocycles. The lowest BCUT2D eigenvalue weighted by molar-refractivity contribution is 0.0697. The average Bonchev–Trinajstić information content (AvgIpc) is 2.96. The summed E-state index contributed by atoms with van der Waals surface area (Å²) in [5.74, 6) is -1.39. The molecule has 0 aliphatic rings. The summed E-state index contributed by atoms with van der Waals surface area (Å²) in [6.45, 7) is 0. The molecule has 2 aromatic carbocycles. The van der Waals surface area contributed by atoms with Gasteiger partial charge in [-0.25, -0.2) is 9.78 Å². The molecule has 3 aromatic rings. The lowest BCUT2D eigenvalue weighted by Crippen LogP contribution is -2.11. The van der Waals surface area contributed by atoms with Crippen molar-refractivity contribution in [2.75, 3.05) is 5.32 Å². The van der Waals surface area contributed by atoms with Gasteiger partial charge in [0, 0.05) is 5.56 Å². The number of aromatic nitrogens is 1. The first-order valence-electron chi connectivity index (χ1n) is 6.52. The molecule has 0 radical (unpaired) electrons. The first kappa shape index (κ1) is 14.7. The highest BCUT2D eigenvalue weighted by Crippen LogP contribution is 2.27. The van der Waals surface area contributed by atoms with E-state index in [1.54, 1.807) is 24.3 Å². The van der Waals surface area contributed by atoms with Crippen LogP contribution in [0.4, 0.5) is 5.13 Å². The number of carboxylic acids is 1. The van der Waals surface area contributed by atoms with Crippen molar-refractivity contribution in [1.29, 1.82) is 5.26 Å². The Kier molecular flexibility index (Phi) is 3.75. The highest BCUT2D eigenvalue weighted by Gasteiger charge is 2.12. The molecule has 0 spiro atoms. The van der Waals surface area contributed by atoms with E-state index in [-0.39, 0.29) is 11.5 Å². The predicted octanol–water partition coefficient (Wildman–Crippen LogP) is 3.12. The number of benzene rings is 2. The number of nitriles is 1. The molecule has 6 nitrogen and oxygen atoms in total. The highest BCUT2D eigenvalue weighted by atomic mass is 32.1. The van der Waals surface area contributed by atoms with Crippen LogP contribution in [0.1, 0.15) is 26.3 Å². The van der Waals surface area contributed by atoms with Crippen LogP contribution in [0.15, 0.2) is 42.5 Å². The van der Waals surface area contributed by atoms with Crippen LogP contribution in [0.3, 0.4) is 0 Å². The van der Waals surface area contributed by atoms with Crippen molar-refractivity contribution in [1.82, 2.24) is 4.98 Å². The number of amides is 1. The molecule has 0 bridgehead atoms. The van der Waals surface area contributed by atoms with Crippen molar-refractivity contribution in [2.24, 2.45) is 0 Å². The minimum absolute atomic E-state index is 0.167. The number of carboxylic acid groups (broad SMARTS) is 1. The summed E-state index contributed by atoms with van der Waals surface area (Å²) in [7, 11) is 0. The van der Waals surface area contributed by atoms with Crippen LogP contribution >= 0.6 is 11.3 Å². The van der Waals surface area contributed by atoms with Gasteiger partial charge in [-0.05, 0) is 36.4 Å². The number of aromatic carboxylic acids is 1. The van der Waals surface area contributed by atoms with Crippen molar-refractivity contribution in [2.45, 2.75) is 0 Å². The quantitative estimate of drug-likeness (QED) is 0.771. The van der Waals surface area contributed by atoms with E-state index < -0.39 is 5.97 Å². The van der Waals surface area contributed by atoms with E-state index >= 15 is 0 Å². The van der Waals surface area contributed by atoms with Crippen LogP contribution < -0.4 is 5.32 Å². The Labute approximate surface area is 134 Å². The zero-order valence-corrected chi connectivity index (χ0v) is 12.4. The number of nitrogens with one attached hydrogen (secondary N) is 1. The summed E-state index contributed by atoms with van der Waals surface area (Å²) in [6.07, 6.45) is 0. The van der Waals surface area contributed by atoms with Gasteiger partial charge in [-0.2, -0.15) is 5.26 Å². The number of anilines is 1. The molecule has 23 heavy (non-hydrogen) atoms. The molecule has 1 aromatic heterocycles. The Bertz CT molecular complexity index is 972. The third kappa shape index (κ3) is 3.02. The Morgan fingerprint density at radius 3 is 2.74 bits per heavy atom. The van der Waals surface area contributed by atoms with Gasteiger partial charge in [0.1, 0.15) is 0 Å². The van der Waals surface area contributed by atoms with E-state index in [2.05, 4.69) is 10.3 Å². The molecule has 0 saturated heterocycles. The molecule has 0 aliphatic heterocycles. The fourth-order valence-corrected chi connectivity index (χ4v) is 2.91. The van der Waals surface area contributed by atoms with E-state index in [1.165, 1.54) is 29.5 Å². The molecule has 3 rings (SSSR count). The van der Waals surface area contributed by atoms with E-state index in [0.717, 1.165) is 0 Å². The average molecular weight is 323 g/mol. The zero-order valence-electron chi connectivity index (χ0n) is 11.6. The van der Waals surface area contributed by atoms with Crippen LogP contribution in [0.2, 0.25) is 0 Å². The second-order valence-corrected chi connectivity index (χ2v) is 5.68. The topological polar surface area (TPSA) is 103 Å². The van der Waals surface area contributed by atoms with Crippen LogP contribution in [-0.2, 0) is 0 Å². The molecule has 2 N–H and O–H groups in total. The third-order valence-electron chi connectivity index (χ3n) is 3.11. The van der Waals surface area contributed by atoms with E-state index in [9.17, 15) is 9.59 Å². The Hall–Kier alpha value is -3.24. The standard InChI is InChI=1S/C16H9N3O3S/c17-8-9-2-1-3-10(6-9)14(20)19-16-18-12-5-4-11(15(21)22)7-13(12)23-16/h1-7H,(H,21,22)(H,18,19,20). The molecule has 1 heterocycles. The monoisotopic (exact) mass is 323 g/mol. The largest absolute Gasteiger partial charge is 0.478 e. The van der Waals surface area contributed by atoms with E-state index in [4.69, 9.17) is 10.4 Å². The van der Waals surface area contributed by atoms with Crippen molar-refractivity contribution in [3.8, 4) is 6.07 Å². The molecule has 0 aliphatic carbocycles. The van der Waals surface area contributed by atoms with Crippen LogP contribution in [0.5, 0.6) is 0 Å². The van der Waals surface area contributed by atoms with Gasteiger partial charge < -0.3 is 5.11 Å². The summed E-state index contributed by atoms with van der Waals surface area (Å²) in [6, 6.07) is 12.9. The van der Waals surface area contributed by atoms with Crippen molar-refractivity contribution in [3.63, 3.8) is 0 Å².